The van der Waals surface area contributed by atoms with Crippen molar-refractivity contribution in [3.63, 3.8) is 0 Å². The molecule has 27 heavy (non-hydrogen) atoms. The Kier molecular flexibility index (Phi) is 7.49. The minimum Gasteiger partial charge on any atom is -0.258 e. The molecule has 1 heterocycles. The predicted molar refractivity (Wildman–Crippen MR) is 104 cm³/mol. The lowest BCUT2D eigenvalue weighted by atomic mass is 10.3. The van der Waals surface area contributed by atoms with Crippen molar-refractivity contribution in [1.82, 2.24) is 9.59 Å². The molecular formula is C18H14N4O4S. The van der Waals surface area contributed by atoms with Crippen molar-refractivity contribution in [2.45, 2.75) is 0 Å². The van der Waals surface area contributed by atoms with Crippen molar-refractivity contribution in [3.05, 3.63) is 105 Å². The summed E-state index contributed by atoms with van der Waals surface area (Å²) in [7, 11) is 0. The fourth-order valence-corrected chi connectivity index (χ4v) is 2.44. The first kappa shape index (κ1) is 19.6. The van der Waals surface area contributed by atoms with Gasteiger partial charge in [-0.3, -0.25) is 20.2 Å². The fraction of sp³-hybridized carbons (Fsp3) is 0. The maximum Gasteiger partial charge on any atom is 0.346 e. The van der Waals surface area contributed by atoms with Crippen molar-refractivity contribution < 1.29 is 9.85 Å². The quantitative estimate of drug-likeness (QED) is 0.361. The van der Waals surface area contributed by atoms with Gasteiger partial charge in [0.25, 0.3) is 0 Å². The van der Waals surface area contributed by atoms with Crippen LogP contribution in [0.1, 0.15) is 0 Å². The van der Waals surface area contributed by atoms with Crippen molar-refractivity contribution in [2.24, 2.45) is 0 Å². The molecule has 0 aliphatic carbocycles. The van der Waals surface area contributed by atoms with E-state index in [9.17, 15) is 20.2 Å². The summed E-state index contributed by atoms with van der Waals surface area (Å²) in [5.74, 6) is 0. The summed E-state index contributed by atoms with van der Waals surface area (Å²) in [6, 6.07) is 24.9. The highest BCUT2D eigenvalue weighted by molar-refractivity contribution is 7.12. The second-order valence-corrected chi connectivity index (χ2v) is 5.68. The number of nitrogens with zero attached hydrogens (tertiary/aromatic N) is 4. The van der Waals surface area contributed by atoms with E-state index in [1.165, 1.54) is 23.7 Å². The van der Waals surface area contributed by atoms with E-state index < -0.39 is 21.2 Å². The van der Waals surface area contributed by atoms with Crippen LogP contribution in [0.3, 0.4) is 0 Å². The normalized spacial score (nSPS) is 9.33. The Bertz CT molecular complexity index is 918. The van der Waals surface area contributed by atoms with Crippen LogP contribution in [0.4, 0.5) is 11.4 Å². The number of para-hydroxylation sites is 2. The molecule has 4 rings (SSSR count). The first-order valence-electron chi connectivity index (χ1n) is 7.64. The van der Waals surface area contributed by atoms with Gasteiger partial charge in [-0.25, -0.2) is 0 Å². The molecule has 9 heteroatoms. The van der Waals surface area contributed by atoms with E-state index in [1.807, 2.05) is 60.7 Å². The zero-order valence-electron chi connectivity index (χ0n) is 13.9. The van der Waals surface area contributed by atoms with Gasteiger partial charge in [0.2, 0.25) is 0 Å². The molecule has 4 aromatic rings. The Morgan fingerprint density at radius 1 is 0.667 bits per heavy atom. The highest BCUT2D eigenvalue weighted by Gasteiger charge is 2.21. The van der Waals surface area contributed by atoms with Crippen molar-refractivity contribution in [1.29, 1.82) is 0 Å². The molecule has 3 aromatic carbocycles. The van der Waals surface area contributed by atoms with Gasteiger partial charge in [0, 0.05) is 12.1 Å². The van der Waals surface area contributed by atoms with Gasteiger partial charge in [0.1, 0.15) is 5.52 Å². The van der Waals surface area contributed by atoms with E-state index in [2.05, 4.69) is 9.59 Å². The summed E-state index contributed by atoms with van der Waals surface area (Å²) < 4.78 is 4.94. The molecule has 0 amide bonds. The van der Waals surface area contributed by atoms with Crippen LogP contribution in [0, 0.1) is 20.2 Å². The lowest BCUT2D eigenvalue weighted by molar-refractivity contribution is -0.422. The number of nitro groups is 2. The molecular weight excluding hydrogens is 368 g/mol. The molecule has 0 unspecified atom stereocenters. The highest BCUT2D eigenvalue weighted by Crippen LogP contribution is 2.24. The van der Waals surface area contributed by atoms with E-state index in [1.54, 1.807) is 0 Å². The molecule has 0 saturated heterocycles. The second kappa shape index (κ2) is 10.3. The van der Waals surface area contributed by atoms with Crippen molar-refractivity contribution in [3.8, 4) is 0 Å². The number of hydrogen-bond donors (Lipinski definition) is 0. The van der Waals surface area contributed by atoms with Gasteiger partial charge in [-0.2, -0.15) is 0 Å². The summed E-state index contributed by atoms with van der Waals surface area (Å²) in [4.78, 5) is 18.9. The molecule has 0 atom stereocenters. The number of aromatic nitrogens is 2. The minimum absolute atomic E-state index is 0.484. The smallest absolute Gasteiger partial charge is 0.258 e. The molecule has 0 aliphatic heterocycles. The number of fused-ring (bicyclic) bond motifs is 1. The summed E-state index contributed by atoms with van der Waals surface area (Å²) in [6.45, 7) is 0. The van der Waals surface area contributed by atoms with Gasteiger partial charge >= 0.3 is 11.4 Å². The number of hydrogen-bond acceptors (Lipinski definition) is 7. The van der Waals surface area contributed by atoms with Gasteiger partial charge < -0.3 is 0 Å². The molecule has 1 aromatic heterocycles. The van der Waals surface area contributed by atoms with Gasteiger partial charge in [0.05, 0.1) is 14.5 Å². The Balaban J connectivity index is 0.000000153. The average Bonchev–Trinajstić information content (AvgIpc) is 3.19. The van der Waals surface area contributed by atoms with Crippen LogP contribution in [-0.2, 0) is 0 Å². The first-order valence-corrected chi connectivity index (χ1v) is 8.42. The molecule has 0 aliphatic rings. The van der Waals surface area contributed by atoms with Gasteiger partial charge in [0.15, 0.2) is 0 Å². The Hall–Kier alpha value is -3.72. The summed E-state index contributed by atoms with van der Waals surface area (Å²) >= 11 is 1.43. The lowest BCUT2D eigenvalue weighted by Crippen LogP contribution is -1.95. The third-order valence-corrected chi connectivity index (χ3v) is 3.80. The van der Waals surface area contributed by atoms with E-state index >= 15 is 0 Å². The maximum absolute atomic E-state index is 10.2. The first-order chi connectivity index (χ1) is 13.1. The summed E-state index contributed by atoms with van der Waals surface area (Å²) in [6.07, 6.45) is 0. The van der Waals surface area contributed by atoms with Gasteiger partial charge in [-0.1, -0.05) is 65.2 Å². The monoisotopic (exact) mass is 382 g/mol. The third-order valence-electron chi connectivity index (χ3n) is 3.09. The van der Waals surface area contributed by atoms with Crippen molar-refractivity contribution >= 4 is 33.1 Å². The number of nitro benzene ring substituents is 2. The molecule has 0 N–H and O–H groups in total. The van der Waals surface area contributed by atoms with E-state index in [4.69, 9.17) is 0 Å². The van der Waals surface area contributed by atoms with Crippen LogP contribution >= 0.6 is 11.5 Å². The number of benzene rings is 3. The van der Waals surface area contributed by atoms with E-state index in [0.29, 0.717) is 0 Å². The number of rotatable bonds is 2. The van der Waals surface area contributed by atoms with Crippen LogP contribution in [0.5, 0.6) is 0 Å². The summed E-state index contributed by atoms with van der Waals surface area (Å²) in [5, 5.41) is 24.3. The van der Waals surface area contributed by atoms with Gasteiger partial charge in [-0.15, -0.1) is 5.10 Å². The van der Waals surface area contributed by atoms with Crippen molar-refractivity contribution in [2.75, 3.05) is 0 Å². The maximum atomic E-state index is 10.2. The van der Waals surface area contributed by atoms with Gasteiger partial charge in [-0.05, 0) is 23.7 Å². The molecule has 8 nitrogen and oxygen atoms in total. The summed E-state index contributed by atoms with van der Waals surface area (Å²) in [5.41, 5.74) is 0.0208. The molecule has 0 spiro atoms. The Morgan fingerprint density at radius 2 is 1.11 bits per heavy atom. The van der Waals surface area contributed by atoms with Crippen LogP contribution in [0.25, 0.3) is 10.2 Å². The Morgan fingerprint density at radius 3 is 1.56 bits per heavy atom. The van der Waals surface area contributed by atoms with E-state index in [0.717, 1.165) is 22.3 Å². The van der Waals surface area contributed by atoms with E-state index in [-0.39, 0.29) is 0 Å². The molecule has 0 saturated carbocycles. The van der Waals surface area contributed by atoms with Crippen LogP contribution in [-0.4, -0.2) is 19.4 Å². The zero-order chi connectivity index (χ0) is 19.5. The van der Waals surface area contributed by atoms with Crippen LogP contribution in [0.15, 0.2) is 84.9 Å². The zero-order valence-corrected chi connectivity index (χ0v) is 14.7. The fourth-order valence-electron chi connectivity index (χ4n) is 1.88. The lowest BCUT2D eigenvalue weighted by Gasteiger charge is -1.91. The average molecular weight is 382 g/mol. The molecule has 0 bridgehead atoms. The largest absolute Gasteiger partial charge is 0.346 e. The predicted octanol–water partition coefficient (Wildman–Crippen LogP) is 4.88. The van der Waals surface area contributed by atoms with Crippen LogP contribution < -0.4 is 0 Å². The standard InChI is InChI=1S/C6H4N2O4.C6H4N2S.C6H6/c9-7(10)5-3-1-2-4-6(5)8(11)12;1-2-4-6-5(3-1)7-8-9-6;1-2-4-6-5-3-1/h1-4H;1-4H;1-6H. The van der Waals surface area contributed by atoms with Crippen LogP contribution in [0.2, 0.25) is 0 Å². The molecule has 0 radical (unpaired) electrons. The Labute approximate surface area is 158 Å². The SMILES string of the molecule is O=[N+]([O-])c1ccccc1[N+](=O)[O-].c1ccc2snnc2c1.c1ccccc1. The molecule has 136 valence electrons. The molecule has 0 fully saturated rings. The third kappa shape index (κ3) is 6.25. The topological polar surface area (TPSA) is 112 Å². The minimum atomic E-state index is -0.780. The highest BCUT2D eigenvalue weighted by atomic mass is 32.1. The second-order valence-electron chi connectivity index (χ2n) is 4.90.